The summed E-state index contributed by atoms with van der Waals surface area (Å²) in [6, 6.07) is 16.8. The van der Waals surface area contributed by atoms with Crippen LogP contribution in [0.1, 0.15) is 29.7 Å². The van der Waals surface area contributed by atoms with Crippen LogP contribution in [0.2, 0.25) is 0 Å². The maximum atomic E-state index is 13.0. The van der Waals surface area contributed by atoms with Gasteiger partial charge in [-0.2, -0.15) is 5.10 Å². The monoisotopic (exact) mass is 309 g/mol. The average molecular weight is 309 g/mol. The van der Waals surface area contributed by atoms with E-state index in [0.717, 1.165) is 23.4 Å². The molecule has 3 rings (SSSR count). The lowest BCUT2D eigenvalue weighted by atomic mass is 9.94. The van der Waals surface area contributed by atoms with Crippen molar-refractivity contribution in [2.45, 2.75) is 19.3 Å². The fraction of sp³-hybridized carbons (Fsp3) is 0.211. The van der Waals surface area contributed by atoms with Gasteiger partial charge >= 0.3 is 0 Å². The van der Waals surface area contributed by atoms with E-state index in [9.17, 15) is 4.39 Å². The van der Waals surface area contributed by atoms with Crippen LogP contribution in [0.25, 0.3) is 11.3 Å². The minimum Gasteiger partial charge on any atom is -0.329 e. The molecule has 1 aromatic heterocycles. The van der Waals surface area contributed by atoms with Crippen LogP contribution in [-0.2, 0) is 6.42 Å². The van der Waals surface area contributed by atoms with Gasteiger partial charge in [-0.3, -0.25) is 5.10 Å². The summed E-state index contributed by atoms with van der Waals surface area (Å²) in [5.41, 5.74) is 11.1. The Morgan fingerprint density at radius 3 is 2.39 bits per heavy atom. The summed E-state index contributed by atoms with van der Waals surface area (Å²) in [6.07, 6.45) is 1.02. The third kappa shape index (κ3) is 3.32. The second-order valence-corrected chi connectivity index (χ2v) is 5.60. The van der Waals surface area contributed by atoms with Gasteiger partial charge in [0, 0.05) is 23.7 Å². The molecule has 0 amide bonds. The van der Waals surface area contributed by atoms with Gasteiger partial charge in [0.1, 0.15) is 5.82 Å². The molecule has 0 saturated heterocycles. The van der Waals surface area contributed by atoms with Gasteiger partial charge in [-0.25, -0.2) is 4.39 Å². The molecule has 3 aromatic rings. The highest BCUT2D eigenvalue weighted by molar-refractivity contribution is 5.59. The maximum absolute atomic E-state index is 13.0. The van der Waals surface area contributed by atoms with Gasteiger partial charge in [0.05, 0.1) is 5.69 Å². The highest BCUT2D eigenvalue weighted by Crippen LogP contribution is 2.26. The zero-order valence-electron chi connectivity index (χ0n) is 13.1. The zero-order valence-corrected chi connectivity index (χ0v) is 13.1. The molecule has 0 radical (unpaired) electrons. The summed E-state index contributed by atoms with van der Waals surface area (Å²) < 4.78 is 13.0. The Bertz CT molecular complexity index is 760. The number of aromatic amines is 1. The molecular weight excluding hydrogens is 289 g/mol. The first kappa shape index (κ1) is 15.4. The van der Waals surface area contributed by atoms with E-state index in [1.807, 2.05) is 6.07 Å². The van der Waals surface area contributed by atoms with Gasteiger partial charge in [0.25, 0.3) is 0 Å². The summed E-state index contributed by atoms with van der Waals surface area (Å²) in [4.78, 5) is 0. The SMILES string of the molecule is CCc1ccc(C(CN)c2cc(-c3ccc(F)cc3)n[nH]2)cc1. The molecule has 3 nitrogen and oxygen atoms in total. The van der Waals surface area contributed by atoms with Crippen LogP contribution in [0.3, 0.4) is 0 Å². The Hall–Kier alpha value is -2.46. The van der Waals surface area contributed by atoms with E-state index in [0.29, 0.717) is 6.54 Å². The number of hydrogen-bond acceptors (Lipinski definition) is 2. The molecule has 4 heteroatoms. The third-order valence-corrected chi connectivity index (χ3v) is 4.14. The Kier molecular flexibility index (Phi) is 4.53. The van der Waals surface area contributed by atoms with E-state index in [2.05, 4.69) is 41.4 Å². The summed E-state index contributed by atoms with van der Waals surface area (Å²) in [7, 11) is 0. The van der Waals surface area contributed by atoms with Crippen LogP contribution in [0.4, 0.5) is 4.39 Å². The molecule has 0 aliphatic carbocycles. The number of hydrogen-bond donors (Lipinski definition) is 2. The highest BCUT2D eigenvalue weighted by Gasteiger charge is 2.16. The summed E-state index contributed by atoms with van der Waals surface area (Å²) in [6.45, 7) is 2.63. The second-order valence-electron chi connectivity index (χ2n) is 5.60. The van der Waals surface area contributed by atoms with Crippen molar-refractivity contribution in [1.29, 1.82) is 0 Å². The lowest BCUT2D eigenvalue weighted by molar-refractivity contribution is 0.628. The molecule has 1 heterocycles. The van der Waals surface area contributed by atoms with Gasteiger partial charge < -0.3 is 5.73 Å². The number of H-pyrrole nitrogens is 1. The highest BCUT2D eigenvalue weighted by atomic mass is 19.1. The lowest BCUT2D eigenvalue weighted by Gasteiger charge is -2.13. The van der Waals surface area contributed by atoms with Gasteiger partial charge in [0.2, 0.25) is 0 Å². The average Bonchev–Trinajstić information content (AvgIpc) is 3.06. The van der Waals surface area contributed by atoms with Gasteiger partial charge in [-0.05, 0) is 47.9 Å². The van der Waals surface area contributed by atoms with Gasteiger partial charge in [-0.15, -0.1) is 0 Å². The van der Waals surface area contributed by atoms with Crippen molar-refractivity contribution in [3.8, 4) is 11.3 Å². The quantitative estimate of drug-likeness (QED) is 0.751. The zero-order chi connectivity index (χ0) is 16.2. The Morgan fingerprint density at radius 2 is 1.78 bits per heavy atom. The minimum atomic E-state index is -0.250. The normalized spacial score (nSPS) is 12.3. The van der Waals surface area contributed by atoms with Gasteiger partial charge in [-0.1, -0.05) is 31.2 Å². The van der Waals surface area contributed by atoms with E-state index in [1.54, 1.807) is 12.1 Å². The first-order valence-corrected chi connectivity index (χ1v) is 7.81. The van der Waals surface area contributed by atoms with Crippen LogP contribution >= 0.6 is 0 Å². The number of benzene rings is 2. The van der Waals surface area contributed by atoms with Crippen molar-refractivity contribution < 1.29 is 4.39 Å². The molecule has 0 spiro atoms. The molecule has 2 aromatic carbocycles. The molecule has 0 aliphatic heterocycles. The van der Waals surface area contributed by atoms with Crippen molar-refractivity contribution >= 4 is 0 Å². The number of aryl methyl sites for hydroxylation is 1. The number of aromatic nitrogens is 2. The van der Waals surface area contributed by atoms with Crippen LogP contribution < -0.4 is 5.73 Å². The van der Waals surface area contributed by atoms with Crippen molar-refractivity contribution in [3.63, 3.8) is 0 Å². The van der Waals surface area contributed by atoms with Crippen molar-refractivity contribution in [3.05, 3.63) is 77.2 Å². The van der Waals surface area contributed by atoms with E-state index in [4.69, 9.17) is 5.73 Å². The Labute approximate surface area is 135 Å². The molecule has 0 fully saturated rings. The largest absolute Gasteiger partial charge is 0.329 e. The standard InChI is InChI=1S/C19H20FN3/c1-2-13-3-5-14(6-4-13)17(12-21)19-11-18(22-23-19)15-7-9-16(20)10-8-15/h3-11,17H,2,12,21H2,1H3,(H,22,23). The second kappa shape index (κ2) is 6.75. The van der Waals surface area contributed by atoms with Crippen LogP contribution in [0.5, 0.6) is 0 Å². The fourth-order valence-electron chi connectivity index (χ4n) is 2.71. The summed E-state index contributed by atoms with van der Waals surface area (Å²) in [5, 5.41) is 7.41. The maximum Gasteiger partial charge on any atom is 0.123 e. The Morgan fingerprint density at radius 1 is 1.09 bits per heavy atom. The van der Waals surface area contributed by atoms with Crippen molar-refractivity contribution in [2.75, 3.05) is 6.54 Å². The molecule has 0 aliphatic rings. The number of nitrogens with zero attached hydrogens (tertiary/aromatic N) is 1. The van der Waals surface area contributed by atoms with E-state index < -0.39 is 0 Å². The Balaban J connectivity index is 1.88. The van der Waals surface area contributed by atoms with E-state index >= 15 is 0 Å². The first-order chi connectivity index (χ1) is 11.2. The molecule has 3 N–H and O–H groups in total. The van der Waals surface area contributed by atoms with Crippen LogP contribution in [0, 0.1) is 5.82 Å². The first-order valence-electron chi connectivity index (χ1n) is 7.81. The van der Waals surface area contributed by atoms with Crippen molar-refractivity contribution in [2.24, 2.45) is 5.73 Å². The smallest absolute Gasteiger partial charge is 0.123 e. The summed E-state index contributed by atoms with van der Waals surface area (Å²) >= 11 is 0. The lowest BCUT2D eigenvalue weighted by Crippen LogP contribution is -2.14. The predicted molar refractivity (Wildman–Crippen MR) is 90.7 cm³/mol. The van der Waals surface area contributed by atoms with Crippen molar-refractivity contribution in [1.82, 2.24) is 10.2 Å². The van der Waals surface area contributed by atoms with E-state index in [1.165, 1.54) is 23.3 Å². The topological polar surface area (TPSA) is 54.7 Å². The minimum absolute atomic E-state index is 0.0719. The molecule has 0 saturated carbocycles. The molecule has 0 bridgehead atoms. The predicted octanol–water partition coefficient (Wildman–Crippen LogP) is 3.87. The number of halogens is 1. The molecule has 23 heavy (non-hydrogen) atoms. The molecule has 118 valence electrons. The fourth-order valence-corrected chi connectivity index (χ4v) is 2.71. The number of nitrogens with one attached hydrogen (secondary N) is 1. The molecule has 1 atom stereocenters. The number of rotatable bonds is 5. The number of nitrogens with two attached hydrogens (primary N) is 1. The summed E-state index contributed by atoms with van der Waals surface area (Å²) in [5.74, 6) is -0.178. The third-order valence-electron chi connectivity index (χ3n) is 4.14. The van der Waals surface area contributed by atoms with Crippen LogP contribution in [-0.4, -0.2) is 16.7 Å². The van der Waals surface area contributed by atoms with E-state index in [-0.39, 0.29) is 11.7 Å². The van der Waals surface area contributed by atoms with Gasteiger partial charge in [0.15, 0.2) is 0 Å². The molecule has 1 unspecified atom stereocenters. The molecular formula is C19H20FN3. The van der Waals surface area contributed by atoms with Crippen LogP contribution in [0.15, 0.2) is 54.6 Å².